The maximum atomic E-state index is 13.9. The largest absolute Gasteiger partial charge is 0.465 e. The summed E-state index contributed by atoms with van der Waals surface area (Å²) in [5, 5.41) is 17.5. The van der Waals surface area contributed by atoms with Crippen LogP contribution in [0.1, 0.15) is 11.1 Å². The fourth-order valence-corrected chi connectivity index (χ4v) is 5.45. The topological polar surface area (TPSA) is 87.5 Å². The van der Waals surface area contributed by atoms with Gasteiger partial charge in [-0.2, -0.15) is 5.10 Å². The number of carboxylic acid groups (broad SMARTS) is 1. The summed E-state index contributed by atoms with van der Waals surface area (Å²) in [6.07, 6.45) is 0.235. The molecule has 2 amide bonds. The Bertz CT molecular complexity index is 1440. The number of benzene rings is 2. The lowest BCUT2D eigenvalue weighted by atomic mass is 9.97. The highest BCUT2D eigenvalue weighted by atomic mass is 35.5. The Labute approximate surface area is 231 Å². The molecule has 4 rings (SSSR count). The number of thiophene rings is 1. The number of anilines is 1. The van der Waals surface area contributed by atoms with Crippen molar-refractivity contribution in [1.29, 1.82) is 0 Å². The zero-order valence-electron chi connectivity index (χ0n) is 20.0. The quantitative estimate of drug-likeness (QED) is 0.231. The van der Waals surface area contributed by atoms with Gasteiger partial charge in [0.2, 0.25) is 5.91 Å². The number of rotatable bonds is 9. The number of aromatic nitrogens is 2. The third-order valence-electron chi connectivity index (χ3n) is 5.85. The summed E-state index contributed by atoms with van der Waals surface area (Å²) in [5.41, 5.74) is 2.24. The number of amides is 2. The van der Waals surface area contributed by atoms with Crippen molar-refractivity contribution in [3.05, 3.63) is 92.9 Å². The molecule has 2 aromatic carbocycles. The first-order chi connectivity index (χ1) is 18.1. The van der Waals surface area contributed by atoms with E-state index in [1.165, 1.54) is 12.3 Å². The van der Waals surface area contributed by atoms with E-state index in [1.807, 2.05) is 6.07 Å². The lowest BCUT2D eigenvalue weighted by Gasteiger charge is -2.25. The molecule has 12 heteroatoms. The summed E-state index contributed by atoms with van der Waals surface area (Å²) in [7, 11) is 1.71. The predicted molar refractivity (Wildman–Crippen MR) is 144 cm³/mol. The van der Waals surface area contributed by atoms with Gasteiger partial charge >= 0.3 is 6.09 Å². The Hall–Kier alpha value is -3.47. The van der Waals surface area contributed by atoms with Crippen LogP contribution in [-0.2, 0) is 24.8 Å². The van der Waals surface area contributed by atoms with Crippen LogP contribution in [0, 0.1) is 17.6 Å². The first kappa shape index (κ1) is 27.6. The highest BCUT2D eigenvalue weighted by molar-refractivity contribution is 7.20. The molecule has 7 nitrogen and oxygen atoms in total. The molecule has 38 heavy (non-hydrogen) atoms. The molecule has 2 aromatic heterocycles. The van der Waals surface area contributed by atoms with E-state index in [9.17, 15) is 23.5 Å². The minimum absolute atomic E-state index is 0.0267. The SMILES string of the molecule is Cn1ncc(Cl)c1-c1cc(NC(=O)[C@@H](Cc2ccc(F)c(F)c2)CN(Cc2ccccc2)C(=O)O)sc1Cl. The third-order valence-corrected chi connectivity index (χ3v) is 7.40. The number of carbonyl (C=O) groups is 2. The second-order valence-electron chi connectivity index (χ2n) is 8.55. The molecule has 2 N–H and O–H groups in total. The number of hydrogen-bond donors (Lipinski definition) is 2. The third kappa shape index (κ3) is 6.50. The molecule has 0 aliphatic carbocycles. The van der Waals surface area contributed by atoms with Crippen molar-refractivity contribution in [2.45, 2.75) is 13.0 Å². The van der Waals surface area contributed by atoms with E-state index in [-0.39, 0.29) is 19.5 Å². The van der Waals surface area contributed by atoms with Gasteiger partial charge in [0.15, 0.2) is 11.6 Å². The molecule has 0 saturated carbocycles. The van der Waals surface area contributed by atoms with Crippen LogP contribution in [-0.4, -0.2) is 38.3 Å². The molecule has 2 heterocycles. The zero-order valence-corrected chi connectivity index (χ0v) is 22.3. The fourth-order valence-electron chi connectivity index (χ4n) is 4.00. The average molecular weight is 579 g/mol. The molecule has 0 aliphatic rings. The number of nitrogens with zero attached hydrogens (tertiary/aromatic N) is 3. The van der Waals surface area contributed by atoms with Crippen molar-refractivity contribution < 1.29 is 23.5 Å². The molecule has 198 valence electrons. The van der Waals surface area contributed by atoms with Crippen molar-refractivity contribution in [1.82, 2.24) is 14.7 Å². The van der Waals surface area contributed by atoms with Gasteiger partial charge in [-0.15, -0.1) is 11.3 Å². The number of hydrogen-bond acceptors (Lipinski definition) is 4. The molecule has 0 bridgehead atoms. The molecular weight excluding hydrogens is 557 g/mol. The average Bonchev–Trinajstić information content (AvgIpc) is 3.40. The van der Waals surface area contributed by atoms with Gasteiger partial charge in [-0.1, -0.05) is 59.6 Å². The van der Waals surface area contributed by atoms with Crippen LogP contribution in [0.15, 0.2) is 60.8 Å². The van der Waals surface area contributed by atoms with E-state index < -0.39 is 29.6 Å². The van der Waals surface area contributed by atoms with E-state index in [0.717, 1.165) is 33.9 Å². The second-order valence-corrected chi connectivity index (χ2v) is 10.6. The van der Waals surface area contributed by atoms with Crippen molar-refractivity contribution in [2.24, 2.45) is 13.0 Å². The number of aryl methyl sites for hydroxylation is 1. The number of carbonyl (C=O) groups excluding carboxylic acids is 1. The predicted octanol–water partition coefficient (Wildman–Crippen LogP) is 6.71. The molecule has 0 fully saturated rings. The van der Waals surface area contributed by atoms with Crippen LogP contribution in [0.2, 0.25) is 9.36 Å². The highest BCUT2D eigenvalue weighted by Crippen LogP contribution is 2.41. The summed E-state index contributed by atoms with van der Waals surface area (Å²) in [5.74, 6) is -3.50. The Morgan fingerprint density at radius 2 is 1.84 bits per heavy atom. The van der Waals surface area contributed by atoms with Gasteiger partial charge < -0.3 is 15.3 Å². The summed E-state index contributed by atoms with van der Waals surface area (Å²) < 4.78 is 29.3. The smallest absolute Gasteiger partial charge is 0.407 e. The highest BCUT2D eigenvalue weighted by Gasteiger charge is 2.27. The van der Waals surface area contributed by atoms with Crippen molar-refractivity contribution in [3.8, 4) is 11.3 Å². The maximum absolute atomic E-state index is 13.9. The van der Waals surface area contributed by atoms with Gasteiger partial charge in [-0.3, -0.25) is 9.48 Å². The Morgan fingerprint density at radius 1 is 1.11 bits per heavy atom. The van der Waals surface area contributed by atoms with Gasteiger partial charge in [0.05, 0.1) is 27.8 Å². The lowest BCUT2D eigenvalue weighted by molar-refractivity contribution is -0.120. The minimum atomic E-state index is -1.22. The van der Waals surface area contributed by atoms with Crippen molar-refractivity contribution >= 4 is 51.5 Å². The molecule has 1 atom stereocenters. The fraction of sp³-hybridized carbons (Fsp3) is 0.192. The Morgan fingerprint density at radius 3 is 2.47 bits per heavy atom. The van der Waals surface area contributed by atoms with Crippen LogP contribution in [0.25, 0.3) is 11.3 Å². The molecular formula is C26H22Cl2F2N4O3S. The van der Waals surface area contributed by atoms with E-state index in [0.29, 0.717) is 31.2 Å². The first-order valence-electron chi connectivity index (χ1n) is 11.4. The summed E-state index contributed by atoms with van der Waals surface area (Å²) in [6.45, 7) is -0.139. The maximum Gasteiger partial charge on any atom is 0.407 e. The van der Waals surface area contributed by atoms with E-state index in [2.05, 4.69) is 10.4 Å². The number of nitrogens with one attached hydrogen (secondary N) is 1. The van der Waals surface area contributed by atoms with Gasteiger partial charge in [0.25, 0.3) is 0 Å². The van der Waals surface area contributed by atoms with E-state index in [4.69, 9.17) is 23.2 Å². The molecule has 0 saturated heterocycles. The van der Waals surface area contributed by atoms with Gasteiger partial charge in [-0.05, 0) is 35.7 Å². The van der Waals surface area contributed by atoms with Gasteiger partial charge in [-0.25, -0.2) is 13.6 Å². The monoisotopic (exact) mass is 578 g/mol. The van der Waals surface area contributed by atoms with E-state index in [1.54, 1.807) is 42.1 Å². The lowest BCUT2D eigenvalue weighted by Crippen LogP contribution is -2.39. The van der Waals surface area contributed by atoms with Crippen LogP contribution in [0.5, 0.6) is 0 Å². The zero-order chi connectivity index (χ0) is 27.4. The van der Waals surface area contributed by atoms with Crippen LogP contribution in [0.4, 0.5) is 18.6 Å². The minimum Gasteiger partial charge on any atom is -0.465 e. The Balaban J connectivity index is 1.60. The van der Waals surface area contributed by atoms with E-state index >= 15 is 0 Å². The normalized spacial score (nSPS) is 11.8. The van der Waals surface area contributed by atoms with Crippen molar-refractivity contribution in [3.63, 3.8) is 0 Å². The Kier molecular flexibility index (Phi) is 8.65. The molecule has 0 radical (unpaired) electrons. The van der Waals surface area contributed by atoms with Crippen LogP contribution in [0.3, 0.4) is 0 Å². The number of halogens is 4. The van der Waals surface area contributed by atoms with Gasteiger partial charge in [0.1, 0.15) is 4.34 Å². The molecule has 0 unspecified atom stereocenters. The van der Waals surface area contributed by atoms with Crippen molar-refractivity contribution in [2.75, 3.05) is 11.9 Å². The van der Waals surface area contributed by atoms with Crippen LogP contribution >= 0.6 is 34.5 Å². The van der Waals surface area contributed by atoms with Crippen LogP contribution < -0.4 is 5.32 Å². The molecule has 4 aromatic rings. The second kappa shape index (κ2) is 11.9. The first-order valence-corrected chi connectivity index (χ1v) is 12.9. The standard InChI is InChI=1S/C26H22Cl2F2N4O3S/c1-33-23(19(27)12-31-33)18-11-22(38-24(18)28)32-25(35)17(9-16-7-8-20(29)21(30)10-16)14-34(26(36)37)13-15-5-3-2-4-6-15/h2-8,10-12,17H,9,13-14H2,1H3,(H,32,35)(H,36,37)/t17-/m0/s1. The van der Waals surface area contributed by atoms with Gasteiger partial charge in [0, 0.05) is 25.7 Å². The molecule has 0 spiro atoms. The summed E-state index contributed by atoms with van der Waals surface area (Å²) >= 11 is 13.8. The summed E-state index contributed by atoms with van der Waals surface area (Å²) in [6, 6.07) is 13.9. The molecule has 0 aliphatic heterocycles. The summed E-state index contributed by atoms with van der Waals surface area (Å²) in [4.78, 5) is 26.6.